The summed E-state index contributed by atoms with van der Waals surface area (Å²) >= 11 is 0. The molecule has 0 aromatic rings. The van der Waals surface area contributed by atoms with Gasteiger partial charge in [0.25, 0.3) is 0 Å². The molecule has 70 valence electrons. The molecule has 0 aromatic carbocycles. The highest BCUT2D eigenvalue weighted by Crippen LogP contribution is 2.03. The van der Waals surface area contributed by atoms with Crippen LogP contribution < -0.4 is 5.73 Å². The van der Waals surface area contributed by atoms with Crippen molar-refractivity contribution in [3.05, 3.63) is 0 Å². The third-order valence-electron chi connectivity index (χ3n) is 1.56. The van der Waals surface area contributed by atoms with Crippen LogP contribution in [0.15, 0.2) is 0 Å². The second kappa shape index (κ2) is 16.5. The van der Waals surface area contributed by atoms with Crippen molar-refractivity contribution in [2.75, 3.05) is 13.7 Å². The van der Waals surface area contributed by atoms with Gasteiger partial charge in [-0.25, -0.2) is 0 Å². The van der Waals surface area contributed by atoms with Crippen molar-refractivity contribution in [2.24, 2.45) is 5.73 Å². The summed E-state index contributed by atoms with van der Waals surface area (Å²) in [6, 6.07) is 0. The molecule has 0 heterocycles. The zero-order chi connectivity index (χ0) is 8.95. The predicted molar refractivity (Wildman–Crippen MR) is 50.6 cm³/mol. The average molecular weight is 161 g/mol. The lowest BCUT2D eigenvalue weighted by Gasteiger charge is -1.96. The normalized spacial score (nSPS) is 8.73. The Kier molecular flexibility index (Phi) is 20.2. The first-order valence-electron chi connectivity index (χ1n) is 4.56. The zero-order valence-electron chi connectivity index (χ0n) is 7.97. The standard InChI is InChI=1S/C8H19N.CH4O/c1-2-3-4-5-6-7-8-9;1-2/h2-9H2,1H3;2H,1H3. The molecule has 0 rings (SSSR count). The molecule has 0 aliphatic rings. The van der Waals surface area contributed by atoms with Gasteiger partial charge < -0.3 is 10.8 Å². The van der Waals surface area contributed by atoms with Crippen molar-refractivity contribution in [3.63, 3.8) is 0 Å². The molecule has 0 fully saturated rings. The Morgan fingerprint density at radius 1 is 0.909 bits per heavy atom. The van der Waals surface area contributed by atoms with E-state index in [1.54, 1.807) is 0 Å². The largest absolute Gasteiger partial charge is 0.400 e. The van der Waals surface area contributed by atoms with Gasteiger partial charge in [-0.2, -0.15) is 0 Å². The quantitative estimate of drug-likeness (QED) is 0.585. The van der Waals surface area contributed by atoms with E-state index in [1.807, 2.05) is 0 Å². The van der Waals surface area contributed by atoms with Crippen LogP contribution in [0.3, 0.4) is 0 Å². The van der Waals surface area contributed by atoms with E-state index < -0.39 is 0 Å². The van der Waals surface area contributed by atoms with E-state index in [9.17, 15) is 0 Å². The molecular formula is C9H23NO. The summed E-state index contributed by atoms with van der Waals surface area (Å²) < 4.78 is 0. The Bertz CT molecular complexity index is 42.8. The van der Waals surface area contributed by atoms with Crippen molar-refractivity contribution in [1.29, 1.82) is 0 Å². The van der Waals surface area contributed by atoms with E-state index in [-0.39, 0.29) is 0 Å². The highest BCUT2D eigenvalue weighted by molar-refractivity contribution is 4.43. The van der Waals surface area contributed by atoms with Crippen LogP contribution in [0.4, 0.5) is 0 Å². The van der Waals surface area contributed by atoms with E-state index in [4.69, 9.17) is 10.8 Å². The molecule has 0 unspecified atom stereocenters. The second-order valence-corrected chi connectivity index (χ2v) is 2.56. The molecular weight excluding hydrogens is 138 g/mol. The Labute approximate surface area is 70.8 Å². The molecule has 0 aromatic heterocycles. The van der Waals surface area contributed by atoms with Gasteiger partial charge in [0.2, 0.25) is 0 Å². The van der Waals surface area contributed by atoms with Gasteiger partial charge in [-0.05, 0) is 13.0 Å². The van der Waals surface area contributed by atoms with Crippen LogP contribution >= 0.6 is 0 Å². The fourth-order valence-corrected chi connectivity index (χ4v) is 0.925. The summed E-state index contributed by atoms with van der Waals surface area (Å²) in [4.78, 5) is 0. The molecule has 2 nitrogen and oxygen atoms in total. The highest BCUT2D eigenvalue weighted by atomic mass is 16.2. The molecule has 0 bridgehead atoms. The van der Waals surface area contributed by atoms with Crippen molar-refractivity contribution in [1.82, 2.24) is 0 Å². The van der Waals surface area contributed by atoms with E-state index >= 15 is 0 Å². The summed E-state index contributed by atoms with van der Waals surface area (Å²) in [5, 5.41) is 7.00. The van der Waals surface area contributed by atoms with E-state index in [0.717, 1.165) is 13.7 Å². The molecule has 11 heavy (non-hydrogen) atoms. The van der Waals surface area contributed by atoms with Gasteiger partial charge >= 0.3 is 0 Å². The average Bonchev–Trinajstić information content (AvgIpc) is 2.08. The Balaban J connectivity index is 0. The van der Waals surface area contributed by atoms with Gasteiger partial charge in [-0.15, -0.1) is 0 Å². The summed E-state index contributed by atoms with van der Waals surface area (Å²) in [6.45, 7) is 3.11. The lowest BCUT2D eigenvalue weighted by atomic mass is 10.1. The van der Waals surface area contributed by atoms with Crippen LogP contribution in [-0.2, 0) is 0 Å². The third-order valence-corrected chi connectivity index (χ3v) is 1.56. The van der Waals surface area contributed by atoms with Gasteiger partial charge in [0, 0.05) is 7.11 Å². The number of rotatable bonds is 6. The molecule has 0 saturated heterocycles. The summed E-state index contributed by atoms with van der Waals surface area (Å²) in [5.41, 5.74) is 5.34. The Hall–Kier alpha value is -0.0800. The molecule has 0 saturated carbocycles. The van der Waals surface area contributed by atoms with Crippen LogP contribution in [0.2, 0.25) is 0 Å². The maximum absolute atomic E-state index is 7.00. The van der Waals surface area contributed by atoms with Crippen LogP contribution in [0.25, 0.3) is 0 Å². The fourth-order valence-electron chi connectivity index (χ4n) is 0.925. The van der Waals surface area contributed by atoms with Crippen LogP contribution in [-0.4, -0.2) is 18.8 Å². The SMILES string of the molecule is CCCCCCCCN.CO. The monoisotopic (exact) mass is 161 g/mol. The minimum absolute atomic E-state index is 0.867. The number of nitrogens with two attached hydrogens (primary N) is 1. The van der Waals surface area contributed by atoms with Crippen LogP contribution in [0.1, 0.15) is 45.4 Å². The molecule has 0 amide bonds. The smallest absolute Gasteiger partial charge is 0.0319 e. The van der Waals surface area contributed by atoms with Crippen LogP contribution in [0.5, 0.6) is 0 Å². The number of unbranched alkanes of at least 4 members (excludes halogenated alkanes) is 5. The van der Waals surface area contributed by atoms with Crippen molar-refractivity contribution in [2.45, 2.75) is 45.4 Å². The van der Waals surface area contributed by atoms with Gasteiger partial charge in [-0.3, -0.25) is 0 Å². The number of aliphatic hydroxyl groups excluding tert-OH is 1. The predicted octanol–water partition coefficient (Wildman–Crippen LogP) is 1.91. The van der Waals surface area contributed by atoms with Crippen molar-refractivity contribution >= 4 is 0 Å². The lowest BCUT2D eigenvalue weighted by Crippen LogP contribution is -1.97. The van der Waals surface area contributed by atoms with E-state index in [1.165, 1.54) is 38.5 Å². The number of aliphatic hydroxyl groups is 1. The molecule has 0 radical (unpaired) electrons. The van der Waals surface area contributed by atoms with Crippen molar-refractivity contribution < 1.29 is 5.11 Å². The summed E-state index contributed by atoms with van der Waals surface area (Å²) in [6.07, 6.45) is 8.05. The Morgan fingerprint density at radius 2 is 1.36 bits per heavy atom. The van der Waals surface area contributed by atoms with Crippen molar-refractivity contribution in [3.8, 4) is 0 Å². The molecule has 0 spiro atoms. The molecule has 3 N–H and O–H groups in total. The third kappa shape index (κ3) is 17.8. The molecule has 0 aliphatic heterocycles. The molecule has 0 atom stereocenters. The topological polar surface area (TPSA) is 46.2 Å². The number of hydrogen-bond donors (Lipinski definition) is 2. The van der Waals surface area contributed by atoms with Gasteiger partial charge in [-0.1, -0.05) is 39.0 Å². The minimum Gasteiger partial charge on any atom is -0.400 e. The first-order valence-corrected chi connectivity index (χ1v) is 4.56. The summed E-state index contributed by atoms with van der Waals surface area (Å²) in [7, 11) is 1.00. The molecule has 0 aliphatic carbocycles. The zero-order valence-corrected chi connectivity index (χ0v) is 7.97. The first-order chi connectivity index (χ1) is 5.41. The maximum atomic E-state index is 7.00. The first kappa shape index (κ1) is 13.5. The van der Waals surface area contributed by atoms with E-state index in [2.05, 4.69) is 6.92 Å². The fraction of sp³-hybridized carbons (Fsp3) is 1.00. The highest BCUT2D eigenvalue weighted by Gasteiger charge is 1.85. The maximum Gasteiger partial charge on any atom is 0.0319 e. The Morgan fingerprint density at radius 3 is 1.82 bits per heavy atom. The number of hydrogen-bond acceptors (Lipinski definition) is 2. The minimum atomic E-state index is 0.867. The van der Waals surface area contributed by atoms with E-state index in [0.29, 0.717) is 0 Å². The lowest BCUT2D eigenvalue weighted by molar-refractivity contribution is 0.399. The van der Waals surface area contributed by atoms with Gasteiger partial charge in [0.05, 0.1) is 0 Å². The second-order valence-electron chi connectivity index (χ2n) is 2.56. The van der Waals surface area contributed by atoms with Gasteiger partial charge in [0.15, 0.2) is 0 Å². The van der Waals surface area contributed by atoms with Gasteiger partial charge in [0.1, 0.15) is 0 Å². The van der Waals surface area contributed by atoms with Crippen LogP contribution in [0, 0.1) is 0 Å². The molecule has 2 heteroatoms. The summed E-state index contributed by atoms with van der Waals surface area (Å²) in [5.74, 6) is 0.